The summed E-state index contributed by atoms with van der Waals surface area (Å²) < 4.78 is 31.0. The van der Waals surface area contributed by atoms with Crippen molar-refractivity contribution in [2.45, 2.75) is 10.9 Å². The third-order valence-electron chi connectivity index (χ3n) is 4.83. The van der Waals surface area contributed by atoms with E-state index in [1.807, 2.05) is 18.2 Å². The first-order valence-corrected chi connectivity index (χ1v) is 10.5. The second kappa shape index (κ2) is 7.64. The summed E-state index contributed by atoms with van der Waals surface area (Å²) in [5.41, 5.74) is 0.897. The van der Waals surface area contributed by atoms with Gasteiger partial charge in [-0.15, -0.1) is 0 Å². The van der Waals surface area contributed by atoms with Gasteiger partial charge in [0.15, 0.2) is 6.04 Å². The summed E-state index contributed by atoms with van der Waals surface area (Å²) >= 11 is 0. The quantitative estimate of drug-likeness (QED) is 0.650. The number of carboxylic acids is 1. The van der Waals surface area contributed by atoms with Gasteiger partial charge in [0.1, 0.15) is 6.61 Å². The van der Waals surface area contributed by atoms with E-state index in [2.05, 4.69) is 5.32 Å². The zero-order chi connectivity index (χ0) is 21.3. The number of fused-ring (bicyclic) bond motifs is 3. The molecule has 3 aromatic carbocycles. The van der Waals surface area contributed by atoms with Crippen molar-refractivity contribution < 1.29 is 27.9 Å². The number of carboxylic acid groups (broad SMARTS) is 1. The van der Waals surface area contributed by atoms with Gasteiger partial charge in [-0.05, 0) is 22.6 Å². The number of alkyl carbamates (subject to hydrolysis) is 1. The first-order chi connectivity index (χ1) is 14.4. The lowest BCUT2D eigenvalue weighted by Crippen LogP contribution is -2.34. The summed E-state index contributed by atoms with van der Waals surface area (Å²) in [6.45, 7) is -0.502. The van der Waals surface area contributed by atoms with Crippen molar-refractivity contribution in [3.63, 3.8) is 0 Å². The smallest absolute Gasteiger partial charge is 0.408 e. The lowest BCUT2D eigenvalue weighted by Gasteiger charge is -2.15. The number of nitrogens with one attached hydrogen (secondary N) is 1. The average Bonchev–Trinajstić information content (AvgIpc) is 3.01. The molecule has 0 aromatic heterocycles. The van der Waals surface area contributed by atoms with Gasteiger partial charge in [-0.25, -0.2) is 18.0 Å². The van der Waals surface area contributed by atoms with Gasteiger partial charge in [0.2, 0.25) is 9.84 Å². The Hall–Kier alpha value is -3.65. The van der Waals surface area contributed by atoms with E-state index in [0.29, 0.717) is 16.5 Å². The summed E-state index contributed by atoms with van der Waals surface area (Å²) in [5.74, 6) is -1.26. The van der Waals surface area contributed by atoms with E-state index in [1.165, 1.54) is 6.08 Å². The first-order valence-electron chi connectivity index (χ1n) is 9.06. The molecule has 1 aliphatic heterocycles. The van der Waals surface area contributed by atoms with Crippen LogP contribution in [0.15, 0.2) is 76.5 Å². The molecule has 3 aromatic rings. The minimum Gasteiger partial charge on any atom is -0.479 e. The maximum Gasteiger partial charge on any atom is 0.408 e. The van der Waals surface area contributed by atoms with Crippen LogP contribution < -0.4 is 5.32 Å². The summed E-state index contributed by atoms with van der Waals surface area (Å²) in [6, 6.07) is 17.5. The van der Waals surface area contributed by atoms with E-state index < -0.39 is 34.5 Å². The van der Waals surface area contributed by atoms with E-state index in [-0.39, 0.29) is 9.80 Å². The number of benzene rings is 3. The molecule has 1 amide bonds. The molecule has 2 N–H and O–H groups in total. The van der Waals surface area contributed by atoms with Crippen LogP contribution in [0.25, 0.3) is 16.8 Å². The first kappa shape index (κ1) is 19.7. The maximum absolute atomic E-state index is 13.0. The van der Waals surface area contributed by atoms with Gasteiger partial charge in [-0.1, -0.05) is 66.7 Å². The Labute approximate surface area is 172 Å². The van der Waals surface area contributed by atoms with Gasteiger partial charge in [0, 0.05) is 5.39 Å². The number of sulfone groups is 1. The van der Waals surface area contributed by atoms with Crippen molar-refractivity contribution in [2.75, 3.05) is 6.61 Å². The second-order valence-electron chi connectivity index (χ2n) is 6.72. The van der Waals surface area contributed by atoms with Crippen LogP contribution in [-0.2, 0) is 19.4 Å². The monoisotopic (exact) mass is 423 g/mol. The van der Waals surface area contributed by atoms with E-state index in [9.17, 15) is 23.1 Å². The van der Waals surface area contributed by atoms with Crippen molar-refractivity contribution in [1.82, 2.24) is 5.32 Å². The van der Waals surface area contributed by atoms with Gasteiger partial charge in [-0.3, -0.25) is 0 Å². The number of amides is 1. The SMILES string of the molecule is O=C(N[C@H](C(=O)O)c1ccccc1)OCC1=Cc2ccc3ccccc3c2S1(=O)=O. The van der Waals surface area contributed by atoms with Crippen molar-refractivity contribution in [1.29, 1.82) is 0 Å². The van der Waals surface area contributed by atoms with Crippen LogP contribution in [0.1, 0.15) is 17.2 Å². The number of carbonyl (C=O) groups excluding carboxylic acids is 1. The van der Waals surface area contributed by atoms with Gasteiger partial charge in [-0.2, -0.15) is 0 Å². The topological polar surface area (TPSA) is 110 Å². The lowest BCUT2D eigenvalue weighted by atomic mass is 10.1. The van der Waals surface area contributed by atoms with Crippen LogP contribution in [0, 0.1) is 0 Å². The van der Waals surface area contributed by atoms with E-state index in [4.69, 9.17) is 4.74 Å². The highest BCUT2D eigenvalue weighted by Crippen LogP contribution is 2.38. The minimum absolute atomic E-state index is 0.0596. The zero-order valence-electron chi connectivity index (χ0n) is 15.6. The molecule has 0 bridgehead atoms. The standard InChI is InChI=1S/C22H17NO6S/c24-21(25)19(15-7-2-1-3-8-15)23-22(26)29-13-17-12-16-11-10-14-6-4-5-9-18(14)20(16)30(17,27)28/h1-12,19H,13H2,(H,23,26)(H,24,25)/t19-/m0/s1. The Bertz CT molecular complexity index is 1280. The van der Waals surface area contributed by atoms with Crippen LogP contribution >= 0.6 is 0 Å². The van der Waals surface area contributed by atoms with E-state index >= 15 is 0 Å². The predicted molar refractivity (Wildman–Crippen MR) is 110 cm³/mol. The van der Waals surface area contributed by atoms with Crippen molar-refractivity contribution in [2.24, 2.45) is 0 Å². The second-order valence-corrected chi connectivity index (χ2v) is 8.66. The third-order valence-corrected chi connectivity index (χ3v) is 6.75. The molecule has 1 aliphatic rings. The van der Waals surface area contributed by atoms with Crippen LogP contribution in [0.3, 0.4) is 0 Å². The fraction of sp³-hybridized carbons (Fsp3) is 0.0909. The molecule has 0 saturated carbocycles. The normalized spacial score (nSPS) is 15.1. The maximum atomic E-state index is 13.0. The number of carbonyl (C=O) groups is 2. The van der Waals surface area contributed by atoms with Crippen LogP contribution in [0.2, 0.25) is 0 Å². The molecular weight excluding hydrogens is 406 g/mol. The number of rotatable bonds is 5. The summed E-state index contributed by atoms with van der Waals surface area (Å²) in [4.78, 5) is 23.8. The molecule has 1 heterocycles. The molecular formula is C22H17NO6S. The molecule has 0 fully saturated rings. The molecule has 8 heteroatoms. The van der Waals surface area contributed by atoms with Gasteiger partial charge < -0.3 is 15.2 Å². The Morgan fingerprint density at radius 1 is 0.967 bits per heavy atom. The highest BCUT2D eigenvalue weighted by Gasteiger charge is 2.32. The fourth-order valence-corrected chi connectivity index (χ4v) is 5.08. The van der Waals surface area contributed by atoms with Crippen molar-refractivity contribution in [3.8, 4) is 0 Å². The molecule has 1 atom stereocenters. The summed E-state index contributed by atoms with van der Waals surface area (Å²) in [5, 5.41) is 13.0. The number of aliphatic carboxylic acids is 1. The Balaban J connectivity index is 1.51. The number of hydrogen-bond donors (Lipinski definition) is 2. The molecule has 0 saturated heterocycles. The van der Waals surface area contributed by atoms with Crippen LogP contribution in [-0.4, -0.2) is 32.2 Å². The van der Waals surface area contributed by atoms with Gasteiger partial charge >= 0.3 is 12.1 Å². The molecule has 30 heavy (non-hydrogen) atoms. The van der Waals surface area contributed by atoms with Crippen molar-refractivity contribution >= 4 is 38.7 Å². The third kappa shape index (κ3) is 3.53. The van der Waals surface area contributed by atoms with Crippen LogP contribution in [0.5, 0.6) is 0 Å². The highest BCUT2D eigenvalue weighted by molar-refractivity contribution is 7.96. The molecule has 0 spiro atoms. The van der Waals surface area contributed by atoms with Crippen LogP contribution in [0.4, 0.5) is 4.79 Å². The molecule has 0 unspecified atom stereocenters. The molecule has 152 valence electrons. The van der Waals surface area contributed by atoms with E-state index in [0.717, 1.165) is 5.39 Å². The molecule has 7 nitrogen and oxygen atoms in total. The molecule has 4 rings (SSSR count). The summed E-state index contributed by atoms with van der Waals surface area (Å²) in [6.07, 6.45) is 0.444. The highest BCUT2D eigenvalue weighted by atomic mass is 32.2. The van der Waals surface area contributed by atoms with Crippen molar-refractivity contribution in [3.05, 3.63) is 82.8 Å². The molecule has 0 aliphatic carbocycles. The summed E-state index contributed by atoms with van der Waals surface area (Å²) in [7, 11) is -3.83. The lowest BCUT2D eigenvalue weighted by molar-refractivity contribution is -0.139. The zero-order valence-corrected chi connectivity index (χ0v) is 16.4. The number of ether oxygens (including phenoxy) is 1. The van der Waals surface area contributed by atoms with Gasteiger partial charge in [0.05, 0.1) is 9.80 Å². The Morgan fingerprint density at radius 3 is 2.40 bits per heavy atom. The fourth-order valence-electron chi connectivity index (χ4n) is 3.40. The predicted octanol–water partition coefficient (Wildman–Crippen LogP) is 3.52. The minimum atomic E-state index is -3.83. The largest absolute Gasteiger partial charge is 0.479 e. The Kier molecular flexibility index (Phi) is 5.01. The number of hydrogen-bond acceptors (Lipinski definition) is 5. The molecule has 0 radical (unpaired) electrons. The van der Waals surface area contributed by atoms with E-state index in [1.54, 1.807) is 48.5 Å². The average molecular weight is 423 g/mol. The van der Waals surface area contributed by atoms with Gasteiger partial charge in [0.25, 0.3) is 0 Å². The Morgan fingerprint density at radius 2 is 1.67 bits per heavy atom.